The molecule has 0 aromatic rings. The molecule has 0 nitrogen and oxygen atoms in total. The van der Waals surface area contributed by atoms with Crippen LogP contribution in [0.3, 0.4) is 0 Å². The van der Waals surface area contributed by atoms with Gasteiger partial charge in [-0.3, -0.25) is 0 Å². The first-order valence-electron chi connectivity index (χ1n) is 3.52. The Labute approximate surface area is 56.0 Å². The zero-order chi connectivity index (χ0) is 6.32. The summed E-state index contributed by atoms with van der Waals surface area (Å²) in [6.45, 7) is 2.16. The predicted octanol–water partition coefficient (Wildman–Crippen LogP) is 1.98. The molecule has 0 aromatic carbocycles. The Morgan fingerprint density at radius 1 is 1.44 bits per heavy atom. The van der Waals surface area contributed by atoms with Gasteiger partial charge in [0.2, 0.25) is 0 Å². The quantitative estimate of drug-likeness (QED) is 0.337. The third kappa shape index (κ3) is 1.16. The van der Waals surface area contributed by atoms with E-state index < -0.39 is 0 Å². The van der Waals surface area contributed by atoms with Crippen LogP contribution in [0.5, 0.6) is 0 Å². The largest absolute Gasteiger partial charge is 0.0987 e. The van der Waals surface area contributed by atoms with Crippen molar-refractivity contribution in [1.29, 1.82) is 0 Å². The first kappa shape index (κ1) is 5.11. The van der Waals surface area contributed by atoms with E-state index in [1.807, 2.05) is 0 Å². The van der Waals surface area contributed by atoms with E-state index in [2.05, 4.69) is 30.9 Å². The van der Waals surface area contributed by atoms with Crippen molar-refractivity contribution in [3.8, 4) is 11.8 Å². The average Bonchev–Trinajstić information content (AvgIpc) is 2.58. The van der Waals surface area contributed by atoms with Gasteiger partial charge < -0.3 is 0 Å². The SMILES string of the molecule is CC1(C#CC2CC2)C=C1. The molecule has 46 valence electrons. The minimum Gasteiger partial charge on any atom is -0.0987 e. The summed E-state index contributed by atoms with van der Waals surface area (Å²) in [7, 11) is 0. The number of hydrogen-bond acceptors (Lipinski definition) is 0. The molecule has 0 aromatic heterocycles. The summed E-state index contributed by atoms with van der Waals surface area (Å²) in [6, 6.07) is 0. The Hall–Kier alpha value is -0.700. The summed E-state index contributed by atoms with van der Waals surface area (Å²) in [5, 5.41) is 0. The molecular formula is C9H10. The monoisotopic (exact) mass is 118 g/mol. The third-order valence-corrected chi connectivity index (χ3v) is 1.79. The Bertz CT molecular complexity index is 202. The van der Waals surface area contributed by atoms with E-state index >= 15 is 0 Å². The maximum atomic E-state index is 3.25. The molecule has 9 heavy (non-hydrogen) atoms. The van der Waals surface area contributed by atoms with E-state index in [1.165, 1.54) is 12.8 Å². The molecular weight excluding hydrogens is 108 g/mol. The molecule has 2 rings (SSSR count). The topological polar surface area (TPSA) is 0 Å². The Balaban J connectivity index is 1.95. The molecule has 0 saturated heterocycles. The van der Waals surface area contributed by atoms with Gasteiger partial charge in [0.1, 0.15) is 0 Å². The average molecular weight is 118 g/mol. The van der Waals surface area contributed by atoms with Crippen molar-refractivity contribution < 1.29 is 0 Å². The van der Waals surface area contributed by atoms with Crippen LogP contribution in [-0.2, 0) is 0 Å². The van der Waals surface area contributed by atoms with Gasteiger partial charge in [0, 0.05) is 5.92 Å². The van der Waals surface area contributed by atoms with E-state index in [-0.39, 0.29) is 5.41 Å². The van der Waals surface area contributed by atoms with E-state index in [0.717, 1.165) is 5.92 Å². The van der Waals surface area contributed by atoms with Crippen LogP contribution in [0.2, 0.25) is 0 Å². The van der Waals surface area contributed by atoms with Crippen molar-refractivity contribution in [2.45, 2.75) is 19.8 Å². The number of rotatable bonds is 0. The number of hydrogen-bond donors (Lipinski definition) is 0. The summed E-state index contributed by atoms with van der Waals surface area (Å²) in [4.78, 5) is 0. The second-order valence-corrected chi connectivity index (χ2v) is 3.16. The lowest BCUT2D eigenvalue weighted by Gasteiger charge is -1.92. The Morgan fingerprint density at radius 2 is 2.11 bits per heavy atom. The number of allylic oxidation sites excluding steroid dienone is 2. The molecule has 0 N–H and O–H groups in total. The first-order chi connectivity index (χ1) is 4.29. The van der Waals surface area contributed by atoms with Crippen molar-refractivity contribution in [2.24, 2.45) is 11.3 Å². The summed E-state index contributed by atoms with van der Waals surface area (Å²) < 4.78 is 0. The lowest BCUT2D eigenvalue weighted by atomic mass is 10.1. The highest BCUT2D eigenvalue weighted by Gasteiger charge is 2.26. The Morgan fingerprint density at radius 3 is 2.56 bits per heavy atom. The summed E-state index contributed by atoms with van der Waals surface area (Å²) in [6.07, 6.45) is 6.98. The van der Waals surface area contributed by atoms with Gasteiger partial charge in [0.15, 0.2) is 0 Å². The molecule has 0 spiro atoms. The van der Waals surface area contributed by atoms with Crippen molar-refractivity contribution in [3.63, 3.8) is 0 Å². The molecule has 2 aliphatic rings. The highest BCUT2D eigenvalue weighted by Crippen LogP contribution is 2.34. The molecule has 1 fully saturated rings. The molecule has 0 heterocycles. The summed E-state index contributed by atoms with van der Waals surface area (Å²) in [5.74, 6) is 7.23. The maximum absolute atomic E-state index is 3.25. The zero-order valence-corrected chi connectivity index (χ0v) is 5.65. The van der Waals surface area contributed by atoms with Gasteiger partial charge >= 0.3 is 0 Å². The predicted molar refractivity (Wildman–Crippen MR) is 37.7 cm³/mol. The van der Waals surface area contributed by atoms with Crippen molar-refractivity contribution in [3.05, 3.63) is 12.2 Å². The zero-order valence-electron chi connectivity index (χ0n) is 5.65. The molecule has 0 bridgehead atoms. The van der Waals surface area contributed by atoms with E-state index in [9.17, 15) is 0 Å². The fourth-order valence-corrected chi connectivity index (χ4v) is 0.694. The molecule has 0 amide bonds. The minimum atomic E-state index is 0.211. The van der Waals surface area contributed by atoms with E-state index in [4.69, 9.17) is 0 Å². The van der Waals surface area contributed by atoms with Crippen LogP contribution in [0.1, 0.15) is 19.8 Å². The van der Waals surface area contributed by atoms with Crippen molar-refractivity contribution in [2.75, 3.05) is 0 Å². The highest BCUT2D eigenvalue weighted by molar-refractivity contribution is 5.38. The van der Waals surface area contributed by atoms with E-state index in [1.54, 1.807) is 0 Å². The normalized spacial score (nSPS) is 26.8. The molecule has 0 radical (unpaired) electrons. The molecule has 0 heteroatoms. The van der Waals surface area contributed by atoms with Gasteiger partial charge in [0.25, 0.3) is 0 Å². The third-order valence-electron chi connectivity index (χ3n) is 1.79. The van der Waals surface area contributed by atoms with Crippen molar-refractivity contribution >= 4 is 0 Å². The van der Waals surface area contributed by atoms with Crippen LogP contribution < -0.4 is 0 Å². The van der Waals surface area contributed by atoms with Gasteiger partial charge in [-0.1, -0.05) is 24.0 Å². The van der Waals surface area contributed by atoms with Crippen LogP contribution in [-0.4, -0.2) is 0 Å². The standard InChI is InChI=1S/C9H10/c1-9(6-7-9)5-4-8-2-3-8/h6-8H,2-3H2,1H3. The summed E-state index contributed by atoms with van der Waals surface area (Å²) >= 11 is 0. The second kappa shape index (κ2) is 1.42. The molecule has 0 atom stereocenters. The Kier molecular flexibility index (Phi) is 0.805. The highest BCUT2D eigenvalue weighted by atomic mass is 14.3. The smallest absolute Gasteiger partial charge is 0.0646 e. The van der Waals surface area contributed by atoms with Gasteiger partial charge in [-0.15, -0.1) is 0 Å². The fourth-order valence-electron chi connectivity index (χ4n) is 0.694. The molecule has 0 unspecified atom stereocenters. The van der Waals surface area contributed by atoms with Crippen LogP contribution in [0.15, 0.2) is 12.2 Å². The van der Waals surface area contributed by atoms with Crippen LogP contribution >= 0.6 is 0 Å². The van der Waals surface area contributed by atoms with Gasteiger partial charge in [-0.05, 0) is 19.8 Å². The fraction of sp³-hybridized carbons (Fsp3) is 0.556. The molecule has 0 aliphatic heterocycles. The van der Waals surface area contributed by atoms with Gasteiger partial charge in [-0.2, -0.15) is 0 Å². The molecule has 2 aliphatic carbocycles. The lowest BCUT2D eigenvalue weighted by Crippen LogP contribution is -1.87. The summed E-state index contributed by atoms with van der Waals surface area (Å²) in [5.41, 5.74) is 0.211. The molecule has 1 saturated carbocycles. The maximum Gasteiger partial charge on any atom is 0.0646 e. The minimum absolute atomic E-state index is 0.211. The van der Waals surface area contributed by atoms with Crippen LogP contribution in [0, 0.1) is 23.2 Å². The van der Waals surface area contributed by atoms with Crippen molar-refractivity contribution in [1.82, 2.24) is 0 Å². The van der Waals surface area contributed by atoms with Crippen LogP contribution in [0.4, 0.5) is 0 Å². The first-order valence-corrected chi connectivity index (χ1v) is 3.52. The van der Waals surface area contributed by atoms with Crippen LogP contribution in [0.25, 0.3) is 0 Å². The lowest BCUT2D eigenvalue weighted by molar-refractivity contribution is 0.871. The second-order valence-electron chi connectivity index (χ2n) is 3.16. The van der Waals surface area contributed by atoms with Gasteiger partial charge in [0.05, 0.1) is 5.41 Å². The van der Waals surface area contributed by atoms with Gasteiger partial charge in [-0.25, -0.2) is 0 Å². The van der Waals surface area contributed by atoms with E-state index in [0.29, 0.717) is 0 Å².